The van der Waals surface area contributed by atoms with Crippen LogP contribution in [0.25, 0.3) is 0 Å². The van der Waals surface area contributed by atoms with Crippen molar-refractivity contribution in [3.63, 3.8) is 0 Å². The molecule has 30 heavy (non-hydrogen) atoms. The van der Waals surface area contributed by atoms with Crippen LogP contribution in [0.3, 0.4) is 0 Å². The number of aromatic nitrogens is 1. The molecular formula is C21H19F2N3O3S. The normalized spacial score (nSPS) is 10.7. The third-order valence-electron chi connectivity index (χ3n) is 4.26. The second-order valence-electron chi connectivity index (χ2n) is 6.59. The molecule has 1 heterocycles. The lowest BCUT2D eigenvalue weighted by Crippen LogP contribution is -2.26. The van der Waals surface area contributed by atoms with Crippen molar-refractivity contribution < 1.29 is 23.5 Å². The number of halogens is 2. The van der Waals surface area contributed by atoms with Crippen molar-refractivity contribution in [2.75, 3.05) is 12.4 Å². The highest BCUT2D eigenvalue weighted by Crippen LogP contribution is 2.24. The molecule has 0 fully saturated rings. The van der Waals surface area contributed by atoms with Crippen LogP contribution in [0.1, 0.15) is 38.3 Å². The van der Waals surface area contributed by atoms with Gasteiger partial charge in [0.1, 0.15) is 17.4 Å². The van der Waals surface area contributed by atoms with E-state index >= 15 is 0 Å². The number of anilines is 1. The van der Waals surface area contributed by atoms with E-state index < -0.39 is 23.4 Å². The molecule has 0 saturated carbocycles. The number of phenolic OH excluding ortho intramolecular Hbond substituents is 1. The predicted molar refractivity (Wildman–Crippen MR) is 110 cm³/mol. The van der Waals surface area contributed by atoms with Crippen molar-refractivity contribution in [3.05, 3.63) is 75.2 Å². The van der Waals surface area contributed by atoms with Gasteiger partial charge in [-0.3, -0.25) is 9.59 Å². The van der Waals surface area contributed by atoms with E-state index in [1.165, 1.54) is 34.4 Å². The molecule has 2 aromatic carbocycles. The first-order chi connectivity index (χ1) is 14.3. The van der Waals surface area contributed by atoms with E-state index in [1.54, 1.807) is 7.05 Å². The molecule has 2 N–H and O–H groups in total. The average molecular weight is 431 g/mol. The van der Waals surface area contributed by atoms with Crippen molar-refractivity contribution in [1.29, 1.82) is 0 Å². The smallest absolute Gasteiger partial charge is 0.257 e. The van der Waals surface area contributed by atoms with Gasteiger partial charge in [-0.2, -0.15) is 0 Å². The summed E-state index contributed by atoms with van der Waals surface area (Å²) in [6.45, 7) is 2.29. The van der Waals surface area contributed by atoms with E-state index in [4.69, 9.17) is 0 Å². The van der Waals surface area contributed by atoms with E-state index in [1.807, 2.05) is 12.3 Å². The molecule has 0 aliphatic heterocycles. The van der Waals surface area contributed by atoms with Crippen LogP contribution in [-0.4, -0.2) is 33.9 Å². The highest BCUT2D eigenvalue weighted by molar-refractivity contribution is 7.09. The molecule has 9 heteroatoms. The minimum atomic E-state index is -0.877. The van der Waals surface area contributed by atoms with Gasteiger partial charge in [-0.25, -0.2) is 13.8 Å². The van der Waals surface area contributed by atoms with Crippen LogP contribution in [0.15, 0.2) is 41.8 Å². The fourth-order valence-electron chi connectivity index (χ4n) is 2.78. The Bertz CT molecular complexity index is 1080. The fourth-order valence-corrected chi connectivity index (χ4v) is 3.52. The molecule has 0 spiro atoms. The number of hydrogen-bond donors (Lipinski definition) is 2. The number of aryl methyl sites for hydroxylation is 1. The minimum Gasteiger partial charge on any atom is -0.507 e. The van der Waals surface area contributed by atoms with Crippen molar-refractivity contribution in [2.45, 2.75) is 19.9 Å². The Kier molecular flexibility index (Phi) is 6.41. The highest BCUT2D eigenvalue weighted by atomic mass is 32.1. The summed E-state index contributed by atoms with van der Waals surface area (Å²) in [6.07, 6.45) is 0.818. The predicted octanol–water partition coefficient (Wildman–Crippen LogP) is 4.21. The Morgan fingerprint density at radius 3 is 2.47 bits per heavy atom. The molecule has 3 aromatic rings. The molecule has 0 unspecified atom stereocenters. The van der Waals surface area contributed by atoms with Gasteiger partial charge in [-0.05, 0) is 30.7 Å². The lowest BCUT2D eigenvalue weighted by Gasteiger charge is -2.17. The first kappa shape index (κ1) is 21.4. The van der Waals surface area contributed by atoms with E-state index in [9.17, 15) is 23.5 Å². The zero-order valence-electron chi connectivity index (χ0n) is 16.3. The Labute approximate surface area is 175 Å². The second kappa shape index (κ2) is 9.00. The molecule has 0 saturated heterocycles. The molecule has 0 bridgehead atoms. The number of carbonyl (C=O) groups is 2. The van der Waals surface area contributed by atoms with Crippen LogP contribution >= 0.6 is 11.3 Å². The summed E-state index contributed by atoms with van der Waals surface area (Å²) in [5.41, 5.74) is 0.784. The molecule has 156 valence electrons. The number of nitrogens with one attached hydrogen (secondary N) is 1. The standard InChI is InChI=1S/C21H19F2N3O3S/c1-3-19-24-16(11-30-19)10-26(2)21(29)17-5-4-15(9-18(17)27)25-20(28)12-6-13(22)8-14(23)7-12/h4-9,11,27H,3,10H2,1-2H3,(H,25,28). The van der Waals surface area contributed by atoms with Crippen LogP contribution in [-0.2, 0) is 13.0 Å². The molecule has 0 aliphatic rings. The zero-order valence-corrected chi connectivity index (χ0v) is 17.1. The summed E-state index contributed by atoms with van der Waals surface area (Å²) in [4.78, 5) is 30.7. The monoisotopic (exact) mass is 431 g/mol. The Morgan fingerprint density at radius 1 is 1.17 bits per heavy atom. The number of carbonyl (C=O) groups excluding carboxylic acids is 2. The van der Waals surface area contributed by atoms with Gasteiger partial charge >= 0.3 is 0 Å². The molecular weight excluding hydrogens is 412 g/mol. The lowest BCUT2D eigenvalue weighted by atomic mass is 10.1. The van der Waals surface area contributed by atoms with E-state index in [-0.39, 0.29) is 22.6 Å². The van der Waals surface area contributed by atoms with Gasteiger partial charge in [-0.15, -0.1) is 11.3 Å². The number of nitrogens with zero attached hydrogens (tertiary/aromatic N) is 2. The molecule has 3 rings (SSSR count). The van der Waals surface area contributed by atoms with Gasteiger partial charge in [0.25, 0.3) is 11.8 Å². The lowest BCUT2D eigenvalue weighted by molar-refractivity contribution is 0.0780. The van der Waals surface area contributed by atoms with Crippen molar-refractivity contribution in [1.82, 2.24) is 9.88 Å². The first-order valence-electron chi connectivity index (χ1n) is 9.06. The molecule has 6 nitrogen and oxygen atoms in total. The van der Waals surface area contributed by atoms with Gasteiger partial charge in [0, 0.05) is 35.8 Å². The molecule has 1 aromatic heterocycles. The van der Waals surface area contributed by atoms with Crippen LogP contribution in [0.5, 0.6) is 5.75 Å². The third kappa shape index (κ3) is 4.98. The Morgan fingerprint density at radius 2 is 1.87 bits per heavy atom. The summed E-state index contributed by atoms with van der Waals surface area (Å²) in [6, 6.07) is 6.45. The first-order valence-corrected chi connectivity index (χ1v) is 9.94. The van der Waals surface area contributed by atoms with Crippen LogP contribution < -0.4 is 5.32 Å². The zero-order chi connectivity index (χ0) is 21.8. The molecule has 0 aliphatic carbocycles. The maximum atomic E-state index is 13.3. The summed E-state index contributed by atoms with van der Waals surface area (Å²) < 4.78 is 26.6. The van der Waals surface area contributed by atoms with Gasteiger partial charge in [0.15, 0.2) is 0 Å². The number of thiazole rings is 1. The topological polar surface area (TPSA) is 82.5 Å². The molecule has 0 atom stereocenters. The summed E-state index contributed by atoms with van der Waals surface area (Å²) in [5, 5.41) is 15.6. The summed E-state index contributed by atoms with van der Waals surface area (Å²) in [7, 11) is 1.60. The minimum absolute atomic E-state index is 0.0539. The third-order valence-corrected chi connectivity index (χ3v) is 5.30. The Balaban J connectivity index is 1.70. The van der Waals surface area contributed by atoms with Crippen molar-refractivity contribution in [3.8, 4) is 5.75 Å². The number of hydrogen-bond acceptors (Lipinski definition) is 5. The van der Waals surface area contributed by atoms with Crippen LogP contribution in [0, 0.1) is 11.6 Å². The number of amides is 2. The maximum Gasteiger partial charge on any atom is 0.257 e. The second-order valence-corrected chi connectivity index (χ2v) is 7.53. The Hall–Kier alpha value is -3.33. The van der Waals surface area contributed by atoms with Gasteiger partial charge in [-0.1, -0.05) is 6.92 Å². The van der Waals surface area contributed by atoms with Crippen molar-refractivity contribution >= 4 is 28.8 Å². The maximum absolute atomic E-state index is 13.3. The average Bonchev–Trinajstić information content (AvgIpc) is 3.14. The van der Waals surface area contributed by atoms with E-state index in [0.717, 1.165) is 29.3 Å². The number of rotatable bonds is 6. The number of phenols is 1. The largest absolute Gasteiger partial charge is 0.507 e. The summed E-state index contributed by atoms with van der Waals surface area (Å²) >= 11 is 1.52. The van der Waals surface area contributed by atoms with Crippen LogP contribution in [0.2, 0.25) is 0 Å². The number of benzene rings is 2. The molecule has 2 amide bonds. The van der Waals surface area contributed by atoms with Gasteiger partial charge < -0.3 is 15.3 Å². The van der Waals surface area contributed by atoms with Gasteiger partial charge in [0.05, 0.1) is 22.8 Å². The SMILES string of the molecule is CCc1nc(CN(C)C(=O)c2ccc(NC(=O)c3cc(F)cc(F)c3)cc2O)cs1. The van der Waals surface area contributed by atoms with E-state index in [2.05, 4.69) is 10.3 Å². The molecule has 0 radical (unpaired) electrons. The highest BCUT2D eigenvalue weighted by Gasteiger charge is 2.18. The summed E-state index contributed by atoms with van der Waals surface area (Å²) in [5.74, 6) is -3.25. The van der Waals surface area contributed by atoms with Gasteiger partial charge in [0.2, 0.25) is 0 Å². The number of aromatic hydroxyl groups is 1. The fraction of sp³-hybridized carbons (Fsp3) is 0.190. The van der Waals surface area contributed by atoms with Crippen molar-refractivity contribution in [2.24, 2.45) is 0 Å². The van der Waals surface area contributed by atoms with Crippen LogP contribution in [0.4, 0.5) is 14.5 Å². The quantitative estimate of drug-likeness (QED) is 0.612. The van der Waals surface area contributed by atoms with E-state index in [0.29, 0.717) is 12.6 Å².